The summed E-state index contributed by atoms with van der Waals surface area (Å²) in [6.07, 6.45) is 3.69. The summed E-state index contributed by atoms with van der Waals surface area (Å²) in [7, 11) is 0. The number of aryl methyl sites for hydroxylation is 1. The van der Waals surface area contributed by atoms with Crippen molar-refractivity contribution in [3.8, 4) is 0 Å². The Morgan fingerprint density at radius 3 is 2.85 bits per heavy atom. The maximum atomic E-state index is 6.17. The zero-order valence-electron chi connectivity index (χ0n) is 12.0. The van der Waals surface area contributed by atoms with E-state index < -0.39 is 0 Å². The van der Waals surface area contributed by atoms with Gasteiger partial charge < -0.3 is 5.32 Å². The minimum Gasteiger partial charge on any atom is -0.369 e. The third-order valence-corrected chi connectivity index (χ3v) is 4.43. The Morgan fingerprint density at radius 2 is 2.20 bits per heavy atom. The number of halogens is 1. The average molecular weight is 311 g/mol. The second-order valence-corrected chi connectivity index (χ2v) is 6.09. The lowest BCUT2D eigenvalue weighted by molar-refractivity contribution is 0.782. The number of rotatable bonds is 6. The van der Waals surface area contributed by atoms with Crippen molar-refractivity contribution in [1.29, 1.82) is 0 Å². The molecule has 0 aliphatic rings. The fourth-order valence-electron chi connectivity index (χ4n) is 1.86. The van der Waals surface area contributed by atoms with Crippen molar-refractivity contribution >= 4 is 28.8 Å². The maximum absolute atomic E-state index is 6.17. The van der Waals surface area contributed by atoms with E-state index in [2.05, 4.69) is 34.1 Å². The van der Waals surface area contributed by atoms with Gasteiger partial charge in [-0.1, -0.05) is 25.4 Å². The molecule has 1 unspecified atom stereocenters. The van der Waals surface area contributed by atoms with Gasteiger partial charge in [0.2, 0.25) is 0 Å². The molecule has 0 aromatic carbocycles. The van der Waals surface area contributed by atoms with Crippen LogP contribution in [-0.4, -0.2) is 21.5 Å². The van der Waals surface area contributed by atoms with E-state index in [1.165, 1.54) is 0 Å². The highest BCUT2D eigenvalue weighted by molar-refractivity contribution is 7.09. The van der Waals surface area contributed by atoms with E-state index >= 15 is 0 Å². The molecule has 0 aliphatic heterocycles. The molecule has 0 amide bonds. The monoisotopic (exact) mass is 310 g/mol. The molecule has 2 heterocycles. The minimum atomic E-state index is 0.345. The Morgan fingerprint density at radius 1 is 1.40 bits per heavy atom. The number of thiazole rings is 1. The molecule has 20 heavy (non-hydrogen) atoms. The first-order valence-corrected chi connectivity index (χ1v) is 8.03. The van der Waals surface area contributed by atoms with Crippen molar-refractivity contribution < 1.29 is 0 Å². The first-order chi connectivity index (χ1) is 9.61. The van der Waals surface area contributed by atoms with Gasteiger partial charge in [-0.05, 0) is 13.3 Å². The first-order valence-electron chi connectivity index (χ1n) is 6.78. The number of hydrogen-bond acceptors (Lipinski definition) is 5. The highest BCUT2D eigenvalue weighted by Crippen LogP contribution is 2.23. The molecule has 2 aromatic heterocycles. The van der Waals surface area contributed by atoms with Gasteiger partial charge in [-0.2, -0.15) is 0 Å². The Hall–Kier alpha value is -1.20. The van der Waals surface area contributed by atoms with Gasteiger partial charge in [-0.3, -0.25) is 0 Å². The molecule has 0 spiro atoms. The second-order valence-electron chi connectivity index (χ2n) is 4.81. The molecule has 0 radical (unpaired) electrons. The molecule has 2 rings (SSSR count). The maximum Gasteiger partial charge on any atom is 0.137 e. The Bertz CT molecular complexity index is 557. The fourth-order valence-corrected chi connectivity index (χ4v) is 2.74. The van der Waals surface area contributed by atoms with E-state index in [1.54, 1.807) is 11.3 Å². The molecular formula is C14H19ClN4S. The summed E-state index contributed by atoms with van der Waals surface area (Å²) in [4.78, 5) is 13.2. The first kappa shape index (κ1) is 15.2. The van der Waals surface area contributed by atoms with Gasteiger partial charge in [0.15, 0.2) is 0 Å². The van der Waals surface area contributed by atoms with E-state index in [9.17, 15) is 0 Å². The van der Waals surface area contributed by atoms with Crippen LogP contribution >= 0.6 is 22.9 Å². The van der Waals surface area contributed by atoms with Gasteiger partial charge in [0.1, 0.15) is 16.8 Å². The van der Waals surface area contributed by atoms with Crippen LogP contribution in [0.15, 0.2) is 11.6 Å². The van der Waals surface area contributed by atoms with Crippen molar-refractivity contribution in [3.05, 3.63) is 33.1 Å². The predicted octanol–water partition coefficient (Wildman–Crippen LogP) is 4.06. The molecule has 0 bridgehead atoms. The van der Waals surface area contributed by atoms with Gasteiger partial charge in [-0.15, -0.1) is 11.3 Å². The highest BCUT2D eigenvalue weighted by Gasteiger charge is 2.12. The second kappa shape index (κ2) is 6.99. The SMILES string of the molecule is CCCc1nc(Cl)c(C)c(NCC(C)c2nccs2)n1. The average Bonchev–Trinajstić information content (AvgIpc) is 2.95. The van der Waals surface area contributed by atoms with E-state index in [0.717, 1.165) is 41.6 Å². The van der Waals surface area contributed by atoms with Crippen LogP contribution in [-0.2, 0) is 6.42 Å². The van der Waals surface area contributed by atoms with Crippen LogP contribution in [0.25, 0.3) is 0 Å². The molecule has 108 valence electrons. The molecule has 6 heteroatoms. The predicted molar refractivity (Wildman–Crippen MR) is 84.8 cm³/mol. The lowest BCUT2D eigenvalue weighted by atomic mass is 10.2. The Labute approximate surface area is 128 Å². The molecule has 1 atom stereocenters. The van der Waals surface area contributed by atoms with Crippen LogP contribution in [0.3, 0.4) is 0 Å². The van der Waals surface area contributed by atoms with E-state index in [0.29, 0.717) is 11.1 Å². The topological polar surface area (TPSA) is 50.7 Å². The molecule has 0 fully saturated rings. The molecule has 1 N–H and O–H groups in total. The lowest BCUT2D eigenvalue weighted by Crippen LogP contribution is -2.13. The van der Waals surface area contributed by atoms with Crippen LogP contribution in [0.5, 0.6) is 0 Å². The summed E-state index contributed by atoms with van der Waals surface area (Å²) in [6.45, 7) is 6.98. The molecule has 0 saturated heterocycles. The zero-order chi connectivity index (χ0) is 14.5. The molecule has 0 saturated carbocycles. The minimum absolute atomic E-state index is 0.345. The summed E-state index contributed by atoms with van der Waals surface area (Å²) in [5.74, 6) is 1.97. The van der Waals surface area contributed by atoms with Gasteiger partial charge in [0.25, 0.3) is 0 Å². The summed E-state index contributed by atoms with van der Waals surface area (Å²) >= 11 is 7.84. The molecule has 0 aliphatic carbocycles. The smallest absolute Gasteiger partial charge is 0.137 e. The van der Waals surface area contributed by atoms with Crippen LogP contribution in [0.2, 0.25) is 5.15 Å². The summed E-state index contributed by atoms with van der Waals surface area (Å²) < 4.78 is 0. The largest absolute Gasteiger partial charge is 0.369 e. The number of hydrogen-bond donors (Lipinski definition) is 1. The van der Waals surface area contributed by atoms with Crippen molar-refractivity contribution in [2.75, 3.05) is 11.9 Å². The van der Waals surface area contributed by atoms with Crippen molar-refractivity contribution in [2.24, 2.45) is 0 Å². The fraction of sp³-hybridized carbons (Fsp3) is 0.500. The van der Waals surface area contributed by atoms with Crippen LogP contribution < -0.4 is 5.32 Å². The molecular weight excluding hydrogens is 292 g/mol. The van der Waals surface area contributed by atoms with Crippen molar-refractivity contribution in [3.63, 3.8) is 0 Å². The normalized spacial score (nSPS) is 12.4. The summed E-state index contributed by atoms with van der Waals surface area (Å²) in [5.41, 5.74) is 0.901. The molecule has 2 aromatic rings. The van der Waals surface area contributed by atoms with Gasteiger partial charge in [-0.25, -0.2) is 15.0 Å². The number of nitrogens with one attached hydrogen (secondary N) is 1. The quantitative estimate of drug-likeness (QED) is 0.817. The van der Waals surface area contributed by atoms with E-state index in [-0.39, 0.29) is 0 Å². The highest BCUT2D eigenvalue weighted by atomic mass is 35.5. The van der Waals surface area contributed by atoms with Crippen LogP contribution in [0, 0.1) is 6.92 Å². The molecule has 4 nitrogen and oxygen atoms in total. The van der Waals surface area contributed by atoms with Crippen LogP contribution in [0.1, 0.15) is 42.6 Å². The van der Waals surface area contributed by atoms with Crippen molar-refractivity contribution in [2.45, 2.75) is 39.5 Å². The van der Waals surface area contributed by atoms with E-state index in [1.807, 2.05) is 18.5 Å². The van der Waals surface area contributed by atoms with Gasteiger partial charge >= 0.3 is 0 Å². The number of nitrogens with zero attached hydrogens (tertiary/aromatic N) is 3. The number of anilines is 1. The van der Waals surface area contributed by atoms with E-state index in [4.69, 9.17) is 11.6 Å². The summed E-state index contributed by atoms with van der Waals surface area (Å²) in [5, 5.41) is 7.03. The Kier molecular flexibility index (Phi) is 5.31. The van der Waals surface area contributed by atoms with Crippen LogP contribution in [0.4, 0.5) is 5.82 Å². The van der Waals surface area contributed by atoms with Gasteiger partial charge in [0, 0.05) is 36.0 Å². The third-order valence-electron chi connectivity index (χ3n) is 3.06. The third kappa shape index (κ3) is 3.67. The zero-order valence-corrected chi connectivity index (χ0v) is 13.6. The Balaban J connectivity index is 2.08. The van der Waals surface area contributed by atoms with Crippen molar-refractivity contribution in [1.82, 2.24) is 15.0 Å². The lowest BCUT2D eigenvalue weighted by Gasteiger charge is -2.14. The number of aromatic nitrogens is 3. The standard InChI is InChI=1S/C14H19ClN4S/c1-4-5-11-18-12(15)10(3)13(19-11)17-8-9(2)14-16-6-7-20-14/h6-7,9H,4-5,8H2,1-3H3,(H,17,18,19). The van der Waals surface area contributed by atoms with Gasteiger partial charge in [0.05, 0.1) is 5.01 Å². The summed E-state index contributed by atoms with van der Waals surface area (Å²) in [6, 6.07) is 0.